The van der Waals surface area contributed by atoms with E-state index in [-0.39, 0.29) is 24.0 Å². The fraction of sp³-hybridized carbons (Fsp3) is 0.938. The van der Waals surface area contributed by atoms with Gasteiger partial charge in [-0.15, -0.1) is 0 Å². The minimum atomic E-state index is -0.571. The highest BCUT2D eigenvalue weighted by Crippen LogP contribution is 2.22. The zero-order chi connectivity index (χ0) is 16.1. The molecule has 5 nitrogen and oxygen atoms in total. The first-order valence-electron chi connectivity index (χ1n) is 7.91. The normalized spacial score (nSPS) is 19.3. The van der Waals surface area contributed by atoms with Crippen LogP contribution in [0.4, 0.5) is 0 Å². The summed E-state index contributed by atoms with van der Waals surface area (Å²) in [5, 5.41) is 12.5. The fourth-order valence-corrected chi connectivity index (χ4v) is 2.44. The molecule has 21 heavy (non-hydrogen) atoms. The molecule has 2 N–H and O–H groups in total. The Hall–Kier alpha value is -0.650. The number of morpholine rings is 1. The van der Waals surface area contributed by atoms with Gasteiger partial charge in [0.1, 0.15) is 0 Å². The third-order valence-electron chi connectivity index (χ3n) is 4.16. The van der Waals surface area contributed by atoms with Crippen molar-refractivity contribution >= 4 is 5.91 Å². The summed E-state index contributed by atoms with van der Waals surface area (Å²) < 4.78 is 5.34. The van der Waals surface area contributed by atoms with Gasteiger partial charge in [-0.05, 0) is 32.1 Å². The number of hydrogen-bond acceptors (Lipinski definition) is 4. The molecule has 0 bridgehead atoms. The van der Waals surface area contributed by atoms with Crippen molar-refractivity contribution in [3.63, 3.8) is 0 Å². The first kappa shape index (κ1) is 18.4. The average Bonchev–Trinajstić information content (AvgIpc) is 2.43. The highest BCUT2D eigenvalue weighted by Gasteiger charge is 2.36. The van der Waals surface area contributed by atoms with Gasteiger partial charge in [-0.3, -0.25) is 9.69 Å². The van der Waals surface area contributed by atoms with E-state index < -0.39 is 5.54 Å². The zero-order valence-electron chi connectivity index (χ0n) is 14.2. The van der Waals surface area contributed by atoms with Gasteiger partial charge in [0.15, 0.2) is 0 Å². The third kappa shape index (κ3) is 5.93. The van der Waals surface area contributed by atoms with Crippen LogP contribution in [0, 0.1) is 5.41 Å². The Morgan fingerprint density at radius 1 is 1.24 bits per heavy atom. The Morgan fingerprint density at radius 3 is 2.29 bits per heavy atom. The number of nitrogens with zero attached hydrogens (tertiary/aromatic N) is 1. The van der Waals surface area contributed by atoms with Gasteiger partial charge in [-0.25, -0.2) is 0 Å². The number of rotatable bonds is 6. The van der Waals surface area contributed by atoms with E-state index in [0.29, 0.717) is 13.2 Å². The molecule has 0 saturated carbocycles. The molecule has 1 amide bonds. The molecular formula is C16H32N2O3. The van der Waals surface area contributed by atoms with Crippen molar-refractivity contribution in [2.75, 3.05) is 32.9 Å². The number of aliphatic hydroxyl groups excluding tert-OH is 1. The van der Waals surface area contributed by atoms with Gasteiger partial charge < -0.3 is 15.2 Å². The maximum atomic E-state index is 12.6. The van der Waals surface area contributed by atoms with E-state index in [4.69, 9.17) is 4.74 Å². The maximum absolute atomic E-state index is 12.6. The second-order valence-corrected chi connectivity index (χ2v) is 7.61. The largest absolute Gasteiger partial charge is 0.394 e. The van der Waals surface area contributed by atoms with Crippen LogP contribution in [0.5, 0.6) is 0 Å². The second kappa shape index (κ2) is 7.56. The summed E-state index contributed by atoms with van der Waals surface area (Å²) >= 11 is 0. The van der Waals surface area contributed by atoms with E-state index in [1.165, 1.54) is 0 Å². The smallest absolute Gasteiger partial charge is 0.240 e. The number of nitrogens with one attached hydrogen (secondary N) is 1. The van der Waals surface area contributed by atoms with Crippen LogP contribution in [-0.2, 0) is 9.53 Å². The molecule has 1 fully saturated rings. The number of aliphatic hydroxyl groups is 1. The Morgan fingerprint density at radius 2 is 1.81 bits per heavy atom. The van der Waals surface area contributed by atoms with Crippen LogP contribution in [0.25, 0.3) is 0 Å². The molecule has 124 valence electrons. The van der Waals surface area contributed by atoms with Gasteiger partial charge in [0.05, 0.1) is 31.4 Å². The minimum Gasteiger partial charge on any atom is -0.394 e. The number of carbonyl (C=O) groups excluding carboxylic acids is 1. The molecule has 0 aromatic rings. The molecule has 1 rings (SSSR count). The van der Waals surface area contributed by atoms with E-state index >= 15 is 0 Å². The highest BCUT2D eigenvalue weighted by molar-refractivity contribution is 5.85. The van der Waals surface area contributed by atoms with Crippen LogP contribution < -0.4 is 5.32 Å². The summed E-state index contributed by atoms with van der Waals surface area (Å²) in [6.45, 7) is 13.2. The Kier molecular flexibility index (Phi) is 6.63. The summed E-state index contributed by atoms with van der Waals surface area (Å²) in [6, 6.07) is -0.169. The van der Waals surface area contributed by atoms with Crippen LogP contribution in [0.1, 0.15) is 47.5 Å². The Labute approximate surface area is 129 Å². The van der Waals surface area contributed by atoms with Crippen LogP contribution >= 0.6 is 0 Å². The molecule has 1 aliphatic rings. The highest BCUT2D eigenvalue weighted by atomic mass is 16.5. The van der Waals surface area contributed by atoms with Crippen LogP contribution in [-0.4, -0.2) is 60.4 Å². The van der Waals surface area contributed by atoms with Crippen molar-refractivity contribution in [3.8, 4) is 0 Å². The monoisotopic (exact) mass is 300 g/mol. The molecular weight excluding hydrogens is 268 g/mol. The van der Waals surface area contributed by atoms with Crippen molar-refractivity contribution in [1.82, 2.24) is 10.2 Å². The molecule has 5 heteroatoms. The summed E-state index contributed by atoms with van der Waals surface area (Å²) in [4.78, 5) is 14.7. The predicted molar refractivity (Wildman–Crippen MR) is 84.2 cm³/mol. The van der Waals surface area contributed by atoms with Gasteiger partial charge in [0.2, 0.25) is 5.91 Å². The summed E-state index contributed by atoms with van der Waals surface area (Å²) in [5.74, 6) is -0.0163. The molecule has 1 saturated heterocycles. The lowest BCUT2D eigenvalue weighted by Crippen LogP contribution is -2.59. The summed E-state index contributed by atoms with van der Waals surface area (Å²) in [7, 11) is 0. The maximum Gasteiger partial charge on any atom is 0.240 e. The topological polar surface area (TPSA) is 61.8 Å². The molecule has 0 aromatic carbocycles. The number of carbonyl (C=O) groups is 1. The quantitative estimate of drug-likeness (QED) is 0.778. The van der Waals surface area contributed by atoms with E-state index in [9.17, 15) is 9.90 Å². The van der Waals surface area contributed by atoms with Crippen molar-refractivity contribution < 1.29 is 14.6 Å². The van der Waals surface area contributed by atoms with Gasteiger partial charge in [-0.1, -0.05) is 20.8 Å². The van der Waals surface area contributed by atoms with E-state index in [2.05, 4.69) is 31.0 Å². The number of amides is 1. The zero-order valence-corrected chi connectivity index (χ0v) is 14.2. The second-order valence-electron chi connectivity index (χ2n) is 7.61. The third-order valence-corrected chi connectivity index (χ3v) is 4.16. The molecule has 0 aliphatic carbocycles. The minimum absolute atomic E-state index is 0.0129. The lowest BCUT2D eigenvalue weighted by Gasteiger charge is -2.40. The molecule has 0 unspecified atom stereocenters. The van der Waals surface area contributed by atoms with E-state index in [0.717, 1.165) is 25.9 Å². The SMILES string of the molecule is CC(C)(C)CC[C@@H](CO)NC(=O)C(C)(C)N1CCOCC1. The molecule has 1 aliphatic heterocycles. The number of hydrogen-bond donors (Lipinski definition) is 2. The molecule has 0 aromatic heterocycles. The van der Waals surface area contributed by atoms with Crippen LogP contribution in [0.2, 0.25) is 0 Å². The average molecular weight is 300 g/mol. The lowest BCUT2D eigenvalue weighted by atomic mass is 9.88. The molecule has 0 spiro atoms. The van der Waals surface area contributed by atoms with Crippen LogP contribution in [0.3, 0.4) is 0 Å². The standard InChI is InChI=1S/C16H32N2O3/c1-15(2,3)7-6-13(12-19)17-14(20)16(4,5)18-8-10-21-11-9-18/h13,19H,6-12H2,1-5H3,(H,17,20)/t13-/m0/s1. The predicted octanol–water partition coefficient (Wildman–Crippen LogP) is 1.40. The van der Waals surface area contributed by atoms with E-state index in [1.54, 1.807) is 0 Å². The summed E-state index contributed by atoms with van der Waals surface area (Å²) in [5.41, 5.74) is -0.364. The molecule has 1 atom stereocenters. The van der Waals surface area contributed by atoms with Crippen LogP contribution in [0.15, 0.2) is 0 Å². The van der Waals surface area contributed by atoms with Gasteiger partial charge in [-0.2, -0.15) is 0 Å². The lowest BCUT2D eigenvalue weighted by molar-refractivity contribution is -0.135. The molecule has 0 radical (unpaired) electrons. The fourth-order valence-electron chi connectivity index (χ4n) is 2.44. The first-order valence-corrected chi connectivity index (χ1v) is 7.91. The van der Waals surface area contributed by atoms with Crippen molar-refractivity contribution in [3.05, 3.63) is 0 Å². The molecule has 1 heterocycles. The van der Waals surface area contributed by atoms with Crippen molar-refractivity contribution in [1.29, 1.82) is 0 Å². The van der Waals surface area contributed by atoms with Gasteiger partial charge in [0.25, 0.3) is 0 Å². The van der Waals surface area contributed by atoms with Crippen molar-refractivity contribution in [2.45, 2.75) is 59.0 Å². The first-order chi connectivity index (χ1) is 9.66. The Balaban J connectivity index is 2.55. The number of ether oxygens (including phenoxy) is 1. The Bertz CT molecular complexity index is 331. The van der Waals surface area contributed by atoms with E-state index in [1.807, 2.05) is 13.8 Å². The van der Waals surface area contributed by atoms with Crippen molar-refractivity contribution in [2.24, 2.45) is 5.41 Å². The van der Waals surface area contributed by atoms with Gasteiger partial charge >= 0.3 is 0 Å². The summed E-state index contributed by atoms with van der Waals surface area (Å²) in [6.07, 6.45) is 1.77. The van der Waals surface area contributed by atoms with Gasteiger partial charge in [0, 0.05) is 13.1 Å².